The normalized spacial score (nSPS) is 19.4. The van der Waals surface area contributed by atoms with Crippen LogP contribution in [-0.2, 0) is 18.9 Å². The third-order valence-corrected chi connectivity index (χ3v) is 6.87. The lowest BCUT2D eigenvalue weighted by molar-refractivity contribution is -0.0606. The van der Waals surface area contributed by atoms with Crippen LogP contribution in [0.25, 0.3) is 11.2 Å². The van der Waals surface area contributed by atoms with E-state index in [2.05, 4.69) is 15.0 Å². The Labute approximate surface area is 249 Å². The fraction of sp³-hybridized carbons (Fsp3) is 0.161. The number of imidazole rings is 1. The van der Waals surface area contributed by atoms with E-state index in [1.54, 1.807) is 91.0 Å². The second-order valence-electron chi connectivity index (χ2n) is 9.70. The first-order chi connectivity index (χ1) is 21.4. The molecule has 3 heterocycles. The molecule has 44 heavy (non-hydrogen) atoms. The van der Waals surface area contributed by atoms with Gasteiger partial charge in [-0.3, -0.25) is 4.57 Å². The van der Waals surface area contributed by atoms with E-state index in [9.17, 15) is 18.8 Å². The van der Waals surface area contributed by atoms with Gasteiger partial charge in [-0.25, -0.2) is 19.4 Å². The number of aromatic nitrogens is 4. The van der Waals surface area contributed by atoms with Crippen LogP contribution in [0.4, 0.5) is 10.2 Å². The van der Waals surface area contributed by atoms with Crippen molar-refractivity contribution in [3.05, 3.63) is 120 Å². The number of nitrogens with two attached hydrogens (primary N) is 1. The SMILES string of the molecule is Nc1nc(F)nc2c1ncn2[C@@H]1O[C@H](COC(=O)c2ccccc2)[C@@H](OC(=O)c2ccccc2)[C@H]1OC(=O)c1ccccc1. The molecule has 2 N–H and O–H groups in total. The van der Waals surface area contributed by atoms with Crippen LogP contribution in [0.2, 0.25) is 0 Å². The number of nitrogens with zero attached hydrogens (tertiary/aromatic N) is 4. The van der Waals surface area contributed by atoms with Gasteiger partial charge in [0.2, 0.25) is 0 Å². The largest absolute Gasteiger partial charge is 0.459 e. The molecule has 5 aromatic rings. The summed E-state index contributed by atoms with van der Waals surface area (Å²) in [7, 11) is 0. The van der Waals surface area contributed by atoms with Gasteiger partial charge in [-0.05, 0) is 36.4 Å². The molecule has 1 aliphatic heterocycles. The number of anilines is 1. The summed E-state index contributed by atoms with van der Waals surface area (Å²) in [5.41, 5.74) is 6.60. The number of hydrogen-bond donors (Lipinski definition) is 1. The lowest BCUT2D eigenvalue weighted by atomic mass is 10.1. The highest BCUT2D eigenvalue weighted by atomic mass is 19.1. The van der Waals surface area contributed by atoms with Crippen LogP contribution in [0, 0.1) is 6.08 Å². The van der Waals surface area contributed by atoms with E-state index in [1.807, 2.05) is 0 Å². The minimum atomic E-state index is -1.34. The molecular weight excluding hydrogens is 573 g/mol. The fourth-order valence-electron chi connectivity index (χ4n) is 4.78. The number of hydrogen-bond acceptors (Lipinski definition) is 11. The van der Waals surface area contributed by atoms with Gasteiger partial charge in [-0.15, -0.1) is 0 Å². The number of benzene rings is 3. The van der Waals surface area contributed by atoms with Gasteiger partial charge in [-0.1, -0.05) is 54.6 Å². The molecule has 0 saturated carbocycles. The van der Waals surface area contributed by atoms with Crippen molar-refractivity contribution in [3.63, 3.8) is 0 Å². The summed E-state index contributed by atoms with van der Waals surface area (Å²) in [6.45, 7) is -0.394. The first-order valence-corrected chi connectivity index (χ1v) is 13.4. The molecule has 1 fully saturated rings. The van der Waals surface area contributed by atoms with Crippen molar-refractivity contribution >= 4 is 34.9 Å². The molecule has 2 aromatic heterocycles. The van der Waals surface area contributed by atoms with E-state index >= 15 is 0 Å². The number of carbonyl (C=O) groups is 3. The van der Waals surface area contributed by atoms with Crippen LogP contribution >= 0.6 is 0 Å². The monoisotopic (exact) mass is 597 g/mol. The van der Waals surface area contributed by atoms with Gasteiger partial charge in [-0.2, -0.15) is 14.4 Å². The van der Waals surface area contributed by atoms with E-state index in [0.717, 1.165) is 0 Å². The molecule has 0 unspecified atom stereocenters. The molecule has 0 amide bonds. The van der Waals surface area contributed by atoms with Crippen LogP contribution in [0.3, 0.4) is 0 Å². The Morgan fingerprint density at radius 3 is 1.86 bits per heavy atom. The Balaban J connectivity index is 1.39. The maximum Gasteiger partial charge on any atom is 0.338 e. The Morgan fingerprint density at radius 2 is 1.30 bits per heavy atom. The van der Waals surface area contributed by atoms with Crippen molar-refractivity contribution in [3.8, 4) is 0 Å². The summed E-state index contributed by atoms with van der Waals surface area (Å²) in [4.78, 5) is 50.9. The average molecular weight is 598 g/mol. The summed E-state index contributed by atoms with van der Waals surface area (Å²) >= 11 is 0. The smallest absolute Gasteiger partial charge is 0.338 e. The van der Waals surface area contributed by atoms with E-state index < -0.39 is 55.1 Å². The topological polar surface area (TPSA) is 158 Å². The molecule has 1 aliphatic rings. The maximum absolute atomic E-state index is 14.3. The van der Waals surface area contributed by atoms with Crippen LogP contribution in [0.15, 0.2) is 97.3 Å². The molecule has 6 rings (SSSR count). The highest BCUT2D eigenvalue weighted by Gasteiger charge is 2.52. The van der Waals surface area contributed by atoms with E-state index in [4.69, 9.17) is 24.7 Å². The molecule has 12 nitrogen and oxygen atoms in total. The van der Waals surface area contributed by atoms with Crippen LogP contribution in [0.1, 0.15) is 37.3 Å². The third kappa shape index (κ3) is 5.80. The van der Waals surface area contributed by atoms with E-state index in [0.29, 0.717) is 0 Å². The molecule has 3 aromatic carbocycles. The molecule has 13 heteroatoms. The molecule has 222 valence electrons. The number of carbonyl (C=O) groups excluding carboxylic acids is 3. The van der Waals surface area contributed by atoms with E-state index in [-0.39, 0.29) is 33.7 Å². The van der Waals surface area contributed by atoms with Gasteiger partial charge in [0.15, 0.2) is 35.4 Å². The van der Waals surface area contributed by atoms with Gasteiger partial charge in [0, 0.05) is 0 Å². The van der Waals surface area contributed by atoms with Crippen molar-refractivity contribution in [2.24, 2.45) is 0 Å². The number of halogens is 1. The summed E-state index contributed by atoms with van der Waals surface area (Å²) < 4.78 is 39.1. The predicted molar refractivity (Wildman–Crippen MR) is 152 cm³/mol. The zero-order valence-corrected chi connectivity index (χ0v) is 22.9. The Bertz CT molecular complexity index is 1800. The summed E-state index contributed by atoms with van der Waals surface area (Å²) in [5, 5.41) is 0. The lowest BCUT2D eigenvalue weighted by Gasteiger charge is -2.25. The predicted octanol–water partition coefficient (Wildman–Crippen LogP) is 3.75. The van der Waals surface area contributed by atoms with Crippen molar-refractivity contribution in [1.82, 2.24) is 19.5 Å². The number of ether oxygens (including phenoxy) is 4. The van der Waals surface area contributed by atoms with Crippen molar-refractivity contribution < 1.29 is 37.7 Å². The first-order valence-electron chi connectivity index (χ1n) is 13.4. The van der Waals surface area contributed by atoms with Crippen LogP contribution < -0.4 is 5.73 Å². The van der Waals surface area contributed by atoms with Gasteiger partial charge in [0.05, 0.1) is 23.0 Å². The van der Waals surface area contributed by atoms with Crippen LogP contribution in [0.5, 0.6) is 0 Å². The highest BCUT2D eigenvalue weighted by molar-refractivity contribution is 5.91. The number of nitrogen functional groups attached to an aromatic ring is 1. The molecule has 0 bridgehead atoms. The molecule has 0 aliphatic carbocycles. The Kier molecular flexibility index (Phi) is 7.93. The van der Waals surface area contributed by atoms with Crippen LogP contribution in [-0.4, -0.2) is 62.3 Å². The van der Waals surface area contributed by atoms with Gasteiger partial charge in [0.1, 0.15) is 12.7 Å². The quantitative estimate of drug-likeness (QED) is 0.158. The first kappa shape index (κ1) is 28.4. The van der Waals surface area contributed by atoms with Gasteiger partial charge < -0.3 is 24.7 Å². The minimum absolute atomic E-state index is 0.0594. The van der Waals surface area contributed by atoms with Crippen molar-refractivity contribution in [1.29, 1.82) is 0 Å². The summed E-state index contributed by atoms with van der Waals surface area (Å²) in [6, 6.07) is 24.6. The van der Waals surface area contributed by atoms with Gasteiger partial charge >= 0.3 is 24.0 Å². The third-order valence-electron chi connectivity index (χ3n) is 6.87. The lowest BCUT2D eigenvalue weighted by Crippen LogP contribution is -2.41. The number of esters is 3. The second kappa shape index (κ2) is 12.3. The minimum Gasteiger partial charge on any atom is -0.459 e. The molecule has 0 radical (unpaired) electrons. The summed E-state index contributed by atoms with van der Waals surface area (Å²) in [6.07, 6.45) is -4.91. The van der Waals surface area contributed by atoms with Gasteiger partial charge in [0.25, 0.3) is 0 Å². The Hall–Kier alpha value is -5.69. The second-order valence-corrected chi connectivity index (χ2v) is 9.70. The molecule has 0 spiro atoms. The fourth-order valence-corrected chi connectivity index (χ4v) is 4.78. The average Bonchev–Trinajstić information content (AvgIpc) is 3.62. The maximum atomic E-state index is 14.3. The van der Waals surface area contributed by atoms with Crippen molar-refractivity contribution in [2.45, 2.75) is 24.5 Å². The summed E-state index contributed by atoms with van der Waals surface area (Å²) in [5.74, 6) is -2.37. The van der Waals surface area contributed by atoms with E-state index in [1.165, 1.54) is 10.9 Å². The Morgan fingerprint density at radius 1 is 0.773 bits per heavy atom. The zero-order chi connectivity index (χ0) is 30.6. The van der Waals surface area contributed by atoms with Crippen molar-refractivity contribution in [2.75, 3.05) is 12.3 Å². The highest BCUT2D eigenvalue weighted by Crippen LogP contribution is 2.37. The zero-order valence-electron chi connectivity index (χ0n) is 22.9. The number of fused-ring (bicyclic) bond motifs is 1. The molecular formula is C31H24FN5O7. The number of rotatable bonds is 8. The molecule has 1 saturated heterocycles. The standard InChI is InChI=1S/C31H24FN5O7/c32-31-35-25(33)22-26(36-31)37(17-34-22)27-24(44-30(40)20-14-8-3-9-15-20)23(43-29(39)19-12-6-2-7-13-19)21(42-27)16-41-28(38)18-10-4-1-5-11-18/h1-15,17,21,23-24,27H,16H2,(H2,33,35,36)/t21-,23-,24-,27-/m1/s1. The molecule has 4 atom stereocenters.